The van der Waals surface area contributed by atoms with E-state index in [0.29, 0.717) is 44.9 Å². The molecule has 4 aromatic heterocycles. The maximum absolute atomic E-state index is 12.8. The molecule has 8 nitrogen and oxygen atoms in total. The van der Waals surface area contributed by atoms with E-state index in [0.717, 1.165) is 16.5 Å². The van der Waals surface area contributed by atoms with Gasteiger partial charge in [0.05, 0.1) is 24.2 Å². The summed E-state index contributed by atoms with van der Waals surface area (Å²) in [5.74, 6) is 0.477. The second-order valence-electron chi connectivity index (χ2n) is 6.15. The highest BCUT2D eigenvalue weighted by atomic mass is 32.2. The molecule has 1 atom stereocenters. The highest BCUT2D eigenvalue weighted by molar-refractivity contribution is 7.93. The van der Waals surface area contributed by atoms with Crippen molar-refractivity contribution in [3.63, 3.8) is 0 Å². The molecule has 0 aromatic carbocycles. The molecule has 0 fully saturated rings. The Hall–Kier alpha value is -2.66. The lowest BCUT2D eigenvalue weighted by Gasteiger charge is -2.09. The number of hydrogen-bond acceptors (Lipinski definition) is 9. The molecule has 0 saturated heterocycles. The quantitative estimate of drug-likeness (QED) is 0.353. The van der Waals surface area contributed by atoms with Crippen LogP contribution < -0.4 is 5.73 Å². The molecule has 0 unspecified atom stereocenters. The third-order valence-corrected chi connectivity index (χ3v) is 7.24. The van der Waals surface area contributed by atoms with Crippen molar-refractivity contribution in [1.29, 1.82) is 0 Å². The molecular weight excluding hydrogens is 408 g/mol. The average molecular weight is 427 g/mol. The predicted molar refractivity (Wildman–Crippen MR) is 114 cm³/mol. The van der Waals surface area contributed by atoms with Gasteiger partial charge < -0.3 is 15.0 Å². The SMILES string of the molecule is COCCC[S@+]([O-])c1sc2nc(-c3cncnc3)cc(-c3cnccn3)c2c1N. The second kappa shape index (κ2) is 8.78. The largest absolute Gasteiger partial charge is 0.611 e. The molecule has 0 aliphatic heterocycles. The van der Waals surface area contributed by atoms with Crippen molar-refractivity contribution in [2.24, 2.45) is 0 Å². The van der Waals surface area contributed by atoms with Crippen LogP contribution in [0.5, 0.6) is 0 Å². The van der Waals surface area contributed by atoms with Gasteiger partial charge in [-0.3, -0.25) is 9.97 Å². The van der Waals surface area contributed by atoms with Crippen LogP contribution in [-0.4, -0.2) is 48.9 Å². The molecule has 0 spiro atoms. The van der Waals surface area contributed by atoms with Gasteiger partial charge in [-0.1, -0.05) is 11.3 Å². The van der Waals surface area contributed by atoms with Gasteiger partial charge in [-0.25, -0.2) is 15.0 Å². The molecule has 148 valence electrons. The van der Waals surface area contributed by atoms with E-state index in [1.165, 1.54) is 17.7 Å². The van der Waals surface area contributed by atoms with Crippen molar-refractivity contribution in [2.45, 2.75) is 10.6 Å². The number of nitrogens with two attached hydrogens (primary N) is 1. The van der Waals surface area contributed by atoms with E-state index in [1.54, 1.807) is 38.1 Å². The highest BCUT2D eigenvalue weighted by Crippen LogP contribution is 2.42. The Morgan fingerprint density at radius 2 is 1.97 bits per heavy atom. The van der Waals surface area contributed by atoms with Crippen LogP contribution in [0.25, 0.3) is 32.7 Å². The summed E-state index contributed by atoms with van der Waals surface area (Å²) in [7, 11) is 1.63. The van der Waals surface area contributed by atoms with Gasteiger partial charge in [0.15, 0.2) is 0 Å². The third-order valence-electron chi connectivity index (χ3n) is 4.25. The molecule has 29 heavy (non-hydrogen) atoms. The van der Waals surface area contributed by atoms with Crippen molar-refractivity contribution in [3.05, 3.63) is 43.4 Å². The normalized spacial score (nSPS) is 12.3. The number of rotatable bonds is 7. The van der Waals surface area contributed by atoms with Gasteiger partial charge in [-0.15, -0.1) is 0 Å². The fourth-order valence-corrected chi connectivity index (χ4v) is 5.54. The van der Waals surface area contributed by atoms with E-state index >= 15 is 0 Å². The molecule has 0 bridgehead atoms. The van der Waals surface area contributed by atoms with Gasteiger partial charge in [0, 0.05) is 54.8 Å². The summed E-state index contributed by atoms with van der Waals surface area (Å²) in [4.78, 5) is 22.2. The molecule has 0 aliphatic rings. The maximum Gasteiger partial charge on any atom is 0.232 e. The molecular formula is C19H18N6O2S2. The zero-order valence-electron chi connectivity index (χ0n) is 15.6. The van der Waals surface area contributed by atoms with E-state index in [4.69, 9.17) is 15.5 Å². The zero-order chi connectivity index (χ0) is 20.2. The summed E-state index contributed by atoms with van der Waals surface area (Å²) in [6.07, 6.45) is 10.5. The summed E-state index contributed by atoms with van der Waals surface area (Å²) >= 11 is 0.110. The molecule has 4 rings (SSSR count). The number of hydrogen-bond donors (Lipinski definition) is 1. The van der Waals surface area contributed by atoms with Gasteiger partial charge in [0.25, 0.3) is 0 Å². The summed E-state index contributed by atoms with van der Waals surface area (Å²) < 4.78 is 18.5. The van der Waals surface area contributed by atoms with Crippen LogP contribution in [0.3, 0.4) is 0 Å². The second-order valence-corrected chi connectivity index (χ2v) is 8.92. The first-order valence-corrected chi connectivity index (χ1v) is 10.9. The first-order chi connectivity index (χ1) is 14.2. The molecule has 2 N–H and O–H groups in total. The number of nitrogens with zero attached hydrogens (tertiary/aromatic N) is 5. The first-order valence-electron chi connectivity index (χ1n) is 8.81. The minimum absolute atomic E-state index is 0.477. The van der Waals surface area contributed by atoms with Crippen LogP contribution >= 0.6 is 11.3 Å². The van der Waals surface area contributed by atoms with Gasteiger partial charge in [-0.05, 0) is 17.2 Å². The Labute approximate surface area is 174 Å². The summed E-state index contributed by atoms with van der Waals surface area (Å²) in [5, 5.41) is 0.742. The Morgan fingerprint density at radius 3 is 2.69 bits per heavy atom. The Bertz CT molecular complexity index is 1110. The Morgan fingerprint density at radius 1 is 1.14 bits per heavy atom. The van der Waals surface area contributed by atoms with Crippen molar-refractivity contribution in [2.75, 3.05) is 25.2 Å². The molecule has 4 aromatic rings. The van der Waals surface area contributed by atoms with Crippen LogP contribution in [0.2, 0.25) is 0 Å². The van der Waals surface area contributed by atoms with Crippen molar-refractivity contribution < 1.29 is 9.29 Å². The van der Waals surface area contributed by atoms with Gasteiger partial charge in [-0.2, -0.15) is 0 Å². The lowest BCUT2D eigenvalue weighted by Crippen LogP contribution is -2.09. The van der Waals surface area contributed by atoms with Crippen LogP contribution in [0.4, 0.5) is 5.69 Å². The average Bonchev–Trinajstić information content (AvgIpc) is 3.11. The number of anilines is 1. The number of methoxy groups -OCH3 is 1. The van der Waals surface area contributed by atoms with Crippen LogP contribution in [0.1, 0.15) is 6.42 Å². The lowest BCUT2D eigenvalue weighted by atomic mass is 10.1. The van der Waals surface area contributed by atoms with Gasteiger partial charge in [0.1, 0.15) is 22.6 Å². The number of thiophene rings is 1. The van der Waals surface area contributed by atoms with Crippen molar-refractivity contribution in [1.82, 2.24) is 24.9 Å². The van der Waals surface area contributed by atoms with E-state index in [9.17, 15) is 4.55 Å². The minimum atomic E-state index is -1.23. The molecule has 0 amide bonds. The third kappa shape index (κ3) is 4.06. The molecule has 4 heterocycles. The molecule has 0 aliphatic carbocycles. The van der Waals surface area contributed by atoms with Crippen LogP contribution in [0, 0.1) is 0 Å². The number of nitrogen functional groups attached to an aromatic ring is 1. The standard InChI is InChI=1S/C19H18N6O2S2/c1-27-5-2-6-29(26)19-17(20)16-13(15-10-21-3-4-24-15)7-14(25-18(16)28-19)12-8-22-11-23-9-12/h3-4,7-11H,2,5-6,20H2,1H3/t29-/m0/s1. The number of fused-ring (bicyclic) bond motifs is 1. The maximum atomic E-state index is 12.8. The van der Waals surface area contributed by atoms with Crippen LogP contribution in [0.15, 0.2) is 47.6 Å². The van der Waals surface area contributed by atoms with E-state index in [2.05, 4.69) is 19.9 Å². The van der Waals surface area contributed by atoms with E-state index in [1.807, 2.05) is 6.07 Å². The van der Waals surface area contributed by atoms with Gasteiger partial charge in [0.2, 0.25) is 4.21 Å². The fourth-order valence-electron chi connectivity index (χ4n) is 2.92. The number of pyridine rings is 1. The minimum Gasteiger partial charge on any atom is -0.611 e. The fraction of sp³-hybridized carbons (Fsp3) is 0.211. The molecule has 10 heteroatoms. The molecule has 0 saturated carbocycles. The van der Waals surface area contributed by atoms with Gasteiger partial charge >= 0.3 is 0 Å². The number of ether oxygens (including phenoxy) is 1. The predicted octanol–water partition coefficient (Wildman–Crippen LogP) is 2.94. The van der Waals surface area contributed by atoms with Crippen LogP contribution in [-0.2, 0) is 15.9 Å². The lowest BCUT2D eigenvalue weighted by molar-refractivity contribution is 0.199. The molecule has 0 radical (unpaired) electrons. The van der Waals surface area contributed by atoms with E-state index < -0.39 is 11.2 Å². The Balaban J connectivity index is 1.88. The zero-order valence-corrected chi connectivity index (χ0v) is 17.2. The summed E-state index contributed by atoms with van der Waals surface area (Å²) in [6, 6.07) is 1.89. The first kappa shape index (κ1) is 19.6. The topological polar surface area (TPSA) is 123 Å². The van der Waals surface area contributed by atoms with Crippen molar-refractivity contribution in [3.8, 4) is 22.5 Å². The highest BCUT2D eigenvalue weighted by Gasteiger charge is 2.25. The summed E-state index contributed by atoms with van der Waals surface area (Å²) in [6.45, 7) is 0.553. The summed E-state index contributed by atoms with van der Waals surface area (Å²) in [5.41, 5.74) is 9.84. The smallest absolute Gasteiger partial charge is 0.232 e. The Kier molecular flexibility index (Phi) is 5.95. The number of aromatic nitrogens is 5. The van der Waals surface area contributed by atoms with E-state index in [-0.39, 0.29) is 0 Å². The van der Waals surface area contributed by atoms with Crippen molar-refractivity contribution >= 4 is 38.4 Å². The monoisotopic (exact) mass is 426 g/mol.